The summed E-state index contributed by atoms with van der Waals surface area (Å²) in [6.45, 7) is 0.949. The highest BCUT2D eigenvalue weighted by atomic mass is 32.2. The molecule has 1 fully saturated rings. The van der Waals surface area contributed by atoms with Crippen molar-refractivity contribution in [3.63, 3.8) is 0 Å². The fraction of sp³-hybridized carbons (Fsp3) is 0.417. The third kappa shape index (κ3) is 2.33. The molecule has 0 saturated carbocycles. The van der Waals surface area contributed by atoms with E-state index in [0.29, 0.717) is 24.7 Å². The highest BCUT2D eigenvalue weighted by molar-refractivity contribution is 8.01. The lowest BCUT2D eigenvalue weighted by Gasteiger charge is -2.34. The molecule has 0 aromatic heterocycles. The minimum absolute atomic E-state index is 0.445. The van der Waals surface area contributed by atoms with Gasteiger partial charge in [-0.15, -0.1) is 0 Å². The summed E-state index contributed by atoms with van der Waals surface area (Å²) in [5, 5.41) is 9.12. The van der Waals surface area contributed by atoms with Gasteiger partial charge in [0, 0.05) is 4.90 Å². The van der Waals surface area contributed by atoms with Crippen LogP contribution in [0.2, 0.25) is 0 Å². The molecule has 0 N–H and O–H groups in total. The quantitative estimate of drug-likeness (QED) is 0.820. The van der Waals surface area contributed by atoms with Gasteiger partial charge in [-0.3, -0.25) is 0 Å². The number of thioether (sulfide) groups is 1. The van der Waals surface area contributed by atoms with E-state index in [1.54, 1.807) is 14.2 Å². The van der Waals surface area contributed by atoms with E-state index >= 15 is 0 Å². The van der Waals surface area contributed by atoms with Gasteiger partial charge >= 0.3 is 0 Å². The molecule has 0 radical (unpaired) electrons. The van der Waals surface area contributed by atoms with Crippen LogP contribution in [-0.2, 0) is 4.74 Å². The maximum absolute atomic E-state index is 9.12. The minimum Gasteiger partial charge on any atom is -0.493 e. The van der Waals surface area contributed by atoms with Crippen molar-refractivity contribution in [2.45, 2.75) is 9.64 Å². The predicted molar refractivity (Wildman–Crippen MR) is 64.6 cm³/mol. The number of hydrogen-bond acceptors (Lipinski definition) is 5. The number of nitrogens with zero attached hydrogens (tertiary/aromatic N) is 1. The van der Waals surface area contributed by atoms with Crippen LogP contribution in [0, 0.1) is 11.3 Å². The van der Waals surface area contributed by atoms with Crippen LogP contribution in [0.4, 0.5) is 0 Å². The van der Waals surface area contributed by atoms with Crippen molar-refractivity contribution < 1.29 is 14.2 Å². The summed E-state index contributed by atoms with van der Waals surface area (Å²) >= 11 is 1.50. The molecule has 0 spiro atoms. The summed E-state index contributed by atoms with van der Waals surface area (Å²) in [6, 6.07) is 7.93. The zero-order valence-electron chi connectivity index (χ0n) is 9.73. The zero-order valence-corrected chi connectivity index (χ0v) is 10.5. The summed E-state index contributed by atoms with van der Waals surface area (Å²) in [4.78, 5) is 0.979. The van der Waals surface area contributed by atoms with Gasteiger partial charge in [0.05, 0.1) is 33.5 Å². The van der Waals surface area contributed by atoms with Crippen molar-refractivity contribution in [2.75, 3.05) is 27.4 Å². The highest BCUT2D eigenvalue weighted by Crippen LogP contribution is 2.41. The van der Waals surface area contributed by atoms with Crippen molar-refractivity contribution in [3.05, 3.63) is 18.2 Å². The molecule has 0 aliphatic carbocycles. The predicted octanol–water partition coefficient (Wildman–Crippen LogP) is 2.09. The molecule has 1 aromatic carbocycles. The van der Waals surface area contributed by atoms with Gasteiger partial charge in [-0.1, -0.05) is 11.8 Å². The minimum atomic E-state index is -0.445. The van der Waals surface area contributed by atoms with Crippen LogP contribution in [0.25, 0.3) is 0 Å². The van der Waals surface area contributed by atoms with Crippen molar-refractivity contribution in [1.82, 2.24) is 0 Å². The summed E-state index contributed by atoms with van der Waals surface area (Å²) < 4.78 is 15.0. The Balaban J connectivity index is 2.20. The first-order valence-corrected chi connectivity index (χ1v) is 5.95. The molecule has 0 amide bonds. The van der Waals surface area contributed by atoms with E-state index in [4.69, 9.17) is 19.5 Å². The third-order valence-electron chi connectivity index (χ3n) is 2.54. The van der Waals surface area contributed by atoms with E-state index in [1.807, 2.05) is 18.2 Å². The molecule has 4 nitrogen and oxygen atoms in total. The number of hydrogen-bond donors (Lipinski definition) is 0. The maximum atomic E-state index is 9.12. The van der Waals surface area contributed by atoms with Crippen molar-refractivity contribution in [3.8, 4) is 17.6 Å². The second-order valence-corrected chi connectivity index (χ2v) is 5.17. The fourth-order valence-corrected chi connectivity index (χ4v) is 2.62. The van der Waals surface area contributed by atoms with Gasteiger partial charge in [0.15, 0.2) is 16.2 Å². The Morgan fingerprint density at radius 2 is 2.00 bits per heavy atom. The van der Waals surface area contributed by atoms with Gasteiger partial charge in [0.2, 0.25) is 0 Å². The number of nitriles is 1. The smallest absolute Gasteiger partial charge is 0.161 e. The monoisotopic (exact) mass is 251 g/mol. The fourth-order valence-electron chi connectivity index (χ4n) is 1.54. The van der Waals surface area contributed by atoms with E-state index in [-0.39, 0.29) is 0 Å². The van der Waals surface area contributed by atoms with E-state index < -0.39 is 4.75 Å². The average molecular weight is 251 g/mol. The first kappa shape index (κ1) is 12.1. The van der Waals surface area contributed by atoms with Crippen molar-refractivity contribution in [2.24, 2.45) is 0 Å². The van der Waals surface area contributed by atoms with Gasteiger partial charge in [-0.05, 0) is 18.2 Å². The molecule has 0 atom stereocenters. The zero-order chi connectivity index (χ0) is 12.3. The first-order valence-electron chi connectivity index (χ1n) is 5.13. The molecule has 1 saturated heterocycles. The summed E-state index contributed by atoms with van der Waals surface area (Å²) in [7, 11) is 3.19. The van der Waals surface area contributed by atoms with Crippen LogP contribution in [0.3, 0.4) is 0 Å². The topological polar surface area (TPSA) is 51.5 Å². The number of methoxy groups -OCH3 is 2. The van der Waals surface area contributed by atoms with Crippen molar-refractivity contribution in [1.29, 1.82) is 5.26 Å². The average Bonchev–Trinajstić information content (AvgIpc) is 2.33. The third-order valence-corrected chi connectivity index (χ3v) is 3.75. The van der Waals surface area contributed by atoms with Gasteiger partial charge in [0.25, 0.3) is 0 Å². The first-order chi connectivity index (χ1) is 8.23. The van der Waals surface area contributed by atoms with E-state index in [1.165, 1.54) is 11.8 Å². The lowest BCUT2D eigenvalue weighted by molar-refractivity contribution is 0.0161. The molecular weight excluding hydrogens is 238 g/mol. The Kier molecular flexibility index (Phi) is 3.46. The Morgan fingerprint density at radius 3 is 2.47 bits per heavy atom. The van der Waals surface area contributed by atoms with Crippen LogP contribution in [-0.4, -0.2) is 32.2 Å². The lowest BCUT2D eigenvalue weighted by Crippen LogP contribution is -2.45. The Hall–Kier alpha value is -1.38. The standard InChI is InChI=1S/C12H13NO3S/c1-14-10-4-3-9(5-11(10)15-2)17-12(6-13)7-16-8-12/h3-5H,7-8H2,1-2H3. The maximum Gasteiger partial charge on any atom is 0.161 e. The largest absolute Gasteiger partial charge is 0.493 e. The second-order valence-electron chi connectivity index (χ2n) is 3.72. The molecule has 1 aromatic rings. The van der Waals surface area contributed by atoms with E-state index in [2.05, 4.69) is 6.07 Å². The number of ether oxygens (including phenoxy) is 3. The van der Waals surface area contributed by atoms with Crippen LogP contribution in [0.5, 0.6) is 11.5 Å². The molecule has 2 rings (SSSR count). The number of benzene rings is 1. The molecule has 1 heterocycles. The highest BCUT2D eigenvalue weighted by Gasteiger charge is 2.40. The molecular formula is C12H13NO3S. The van der Waals surface area contributed by atoms with Gasteiger partial charge in [-0.2, -0.15) is 5.26 Å². The Morgan fingerprint density at radius 1 is 1.29 bits per heavy atom. The Labute approximate surface area is 104 Å². The van der Waals surface area contributed by atoms with Gasteiger partial charge < -0.3 is 14.2 Å². The summed E-state index contributed by atoms with van der Waals surface area (Å²) in [5.74, 6) is 1.36. The van der Waals surface area contributed by atoms with Gasteiger partial charge in [0.1, 0.15) is 0 Å². The normalized spacial score (nSPS) is 16.8. The van der Waals surface area contributed by atoms with E-state index in [0.717, 1.165) is 4.90 Å². The van der Waals surface area contributed by atoms with Crippen LogP contribution < -0.4 is 9.47 Å². The molecule has 90 valence electrons. The Bertz CT molecular complexity index is 452. The van der Waals surface area contributed by atoms with Gasteiger partial charge in [-0.25, -0.2) is 0 Å². The molecule has 0 bridgehead atoms. The van der Waals surface area contributed by atoms with Crippen LogP contribution in [0.15, 0.2) is 23.1 Å². The number of rotatable bonds is 4. The molecule has 17 heavy (non-hydrogen) atoms. The summed E-state index contributed by atoms with van der Waals surface area (Å²) in [5.41, 5.74) is 0. The molecule has 0 unspecified atom stereocenters. The van der Waals surface area contributed by atoms with Crippen molar-refractivity contribution >= 4 is 11.8 Å². The van der Waals surface area contributed by atoms with Crippen LogP contribution in [0.1, 0.15) is 0 Å². The molecule has 1 aliphatic heterocycles. The van der Waals surface area contributed by atoms with E-state index in [9.17, 15) is 0 Å². The van der Waals surface area contributed by atoms with Crippen LogP contribution >= 0.6 is 11.8 Å². The SMILES string of the molecule is COc1ccc(SC2(C#N)COC2)cc1OC. The second kappa shape index (κ2) is 4.86. The lowest BCUT2D eigenvalue weighted by atomic mass is 10.1. The summed E-state index contributed by atoms with van der Waals surface area (Å²) in [6.07, 6.45) is 0. The molecule has 1 aliphatic rings. The molecule has 5 heteroatoms.